The number of hydrogen-bond acceptors (Lipinski definition) is 5. The molecule has 14 atom stereocenters. The molecule has 4 nitrogen and oxygen atoms in total. The minimum atomic E-state index is 0.515. The van der Waals surface area contributed by atoms with Gasteiger partial charge in [0, 0.05) is 58.5 Å². The average molecular weight is 826 g/mol. The van der Waals surface area contributed by atoms with Crippen molar-refractivity contribution in [3.63, 3.8) is 0 Å². The van der Waals surface area contributed by atoms with Crippen LogP contribution in [0, 0.1) is 35.5 Å². The van der Waals surface area contributed by atoms with Crippen molar-refractivity contribution in [1.82, 2.24) is 15.1 Å². The summed E-state index contributed by atoms with van der Waals surface area (Å²) in [7, 11) is 0. The molecule has 11 aliphatic rings. The first-order valence-electron chi connectivity index (χ1n) is 27.2. The maximum Gasteiger partial charge on any atom is 0.0737 e. The van der Waals surface area contributed by atoms with Crippen molar-refractivity contribution in [1.29, 1.82) is 0 Å². The van der Waals surface area contributed by atoms with Crippen molar-refractivity contribution in [3.05, 3.63) is 23.9 Å². The summed E-state index contributed by atoms with van der Waals surface area (Å²) in [5, 5.41) is 5.91. The van der Waals surface area contributed by atoms with Gasteiger partial charge in [0.1, 0.15) is 0 Å². The fourth-order valence-electron chi connectivity index (χ4n) is 17.2. The molecule has 0 aromatic carbocycles. The van der Waals surface area contributed by atoms with Crippen LogP contribution < -0.4 is 5.32 Å². The quantitative estimate of drug-likeness (QED) is 0.258. The molecule has 2 saturated heterocycles. The zero-order chi connectivity index (χ0) is 39.1. The van der Waals surface area contributed by atoms with Crippen LogP contribution >= 0.6 is 11.8 Å². The van der Waals surface area contributed by atoms with E-state index >= 15 is 0 Å². The second-order valence-electron chi connectivity index (χ2n) is 23.2. The molecule has 5 heteroatoms. The van der Waals surface area contributed by atoms with Crippen LogP contribution in [0.1, 0.15) is 212 Å². The molecule has 9 fully saturated rings. The highest BCUT2D eigenvalue weighted by Gasteiger charge is 2.53. The third-order valence-electron chi connectivity index (χ3n) is 20.0. The predicted molar refractivity (Wildman–Crippen MR) is 248 cm³/mol. The van der Waals surface area contributed by atoms with Gasteiger partial charge in [0.2, 0.25) is 0 Å². The number of nitrogens with one attached hydrogen (secondary N) is 1. The second-order valence-corrected chi connectivity index (χ2v) is 24.7. The van der Waals surface area contributed by atoms with E-state index in [9.17, 15) is 0 Å². The summed E-state index contributed by atoms with van der Waals surface area (Å²) < 4.78 is 7.30. The van der Waals surface area contributed by atoms with Crippen LogP contribution in [0.25, 0.3) is 0 Å². The standard InChI is InChI=1S/C54H87N3OS/c1-5-15-37(16-6-1)45-33-38(25-29-46(45)55-42-17-7-2-8-18-42)40-27-31-49-53(35-40)59-54-36-41(28-32-50(54)57(49)44-21-11-4-12-22-44)39-26-30-48-52(34-39)58-51-24-14-13-23-47(51)56(48)43-19-9-3-10-20-43/h17,27,31,37-41,43-55H,1-16,18-26,28-30,32-36H2. The first-order chi connectivity index (χ1) is 29.2. The Hall–Kier alpha value is -0.490. The van der Waals surface area contributed by atoms with E-state index in [4.69, 9.17) is 4.74 Å². The van der Waals surface area contributed by atoms with Gasteiger partial charge in [0.15, 0.2) is 0 Å². The van der Waals surface area contributed by atoms with Gasteiger partial charge < -0.3 is 10.1 Å². The first kappa shape index (κ1) is 41.2. The lowest BCUT2D eigenvalue weighted by molar-refractivity contribution is -0.197. The molecule has 2 aliphatic heterocycles. The Morgan fingerprint density at radius 3 is 1.95 bits per heavy atom. The fraction of sp³-hybridized carbons (Fsp3) is 0.926. The zero-order valence-corrected chi connectivity index (χ0v) is 38.4. The van der Waals surface area contributed by atoms with Crippen molar-refractivity contribution >= 4 is 11.8 Å². The topological polar surface area (TPSA) is 27.7 Å². The molecule has 0 radical (unpaired) electrons. The molecule has 0 aromatic heterocycles. The highest BCUT2D eigenvalue weighted by atomic mass is 32.2. The molecule has 7 saturated carbocycles. The molecule has 9 aliphatic carbocycles. The molecular formula is C54H87N3OS. The summed E-state index contributed by atoms with van der Waals surface area (Å²) in [5.74, 6) is 5.40. The minimum Gasteiger partial charge on any atom is -0.386 e. The van der Waals surface area contributed by atoms with Crippen LogP contribution in [0.5, 0.6) is 0 Å². The van der Waals surface area contributed by atoms with Gasteiger partial charge in [-0.3, -0.25) is 9.80 Å². The lowest BCUT2D eigenvalue weighted by Crippen LogP contribution is -2.66. The summed E-state index contributed by atoms with van der Waals surface area (Å²) in [4.78, 5) is 6.43. The van der Waals surface area contributed by atoms with E-state index in [-0.39, 0.29) is 0 Å². The van der Waals surface area contributed by atoms with Gasteiger partial charge in [-0.1, -0.05) is 102 Å². The van der Waals surface area contributed by atoms with Crippen molar-refractivity contribution in [2.45, 2.75) is 277 Å². The number of ether oxygens (including phenoxy) is 1. The van der Waals surface area contributed by atoms with Crippen molar-refractivity contribution in [2.24, 2.45) is 35.5 Å². The van der Waals surface area contributed by atoms with Crippen LogP contribution in [0.3, 0.4) is 0 Å². The molecule has 1 N–H and O–H groups in total. The molecular weight excluding hydrogens is 739 g/mol. The third-order valence-corrected chi connectivity index (χ3v) is 21.7. The van der Waals surface area contributed by atoms with E-state index in [0.29, 0.717) is 18.2 Å². The minimum absolute atomic E-state index is 0.515. The number of thioether (sulfide) groups is 1. The number of rotatable bonds is 7. The number of fused-ring (bicyclic) bond motifs is 4. The van der Waals surface area contributed by atoms with Crippen molar-refractivity contribution in [2.75, 3.05) is 0 Å². The van der Waals surface area contributed by atoms with Crippen LogP contribution in [-0.4, -0.2) is 74.8 Å². The van der Waals surface area contributed by atoms with Crippen LogP contribution in [0.15, 0.2) is 23.9 Å². The number of morpholine rings is 1. The summed E-state index contributed by atoms with van der Waals surface area (Å²) in [6.07, 6.45) is 57.1. The first-order valence-corrected chi connectivity index (χ1v) is 28.2. The lowest BCUT2D eigenvalue weighted by Gasteiger charge is -2.59. The number of nitrogens with zero attached hydrogens (tertiary/aromatic N) is 2. The molecule has 11 rings (SSSR count). The largest absolute Gasteiger partial charge is 0.386 e. The van der Waals surface area contributed by atoms with E-state index in [1.807, 2.05) is 0 Å². The molecule has 2 heterocycles. The van der Waals surface area contributed by atoms with Gasteiger partial charge in [-0.05, 0) is 164 Å². The molecule has 0 amide bonds. The summed E-state index contributed by atoms with van der Waals surface area (Å²) in [6, 6.07) is 5.40. The molecule has 0 spiro atoms. The molecule has 0 bridgehead atoms. The van der Waals surface area contributed by atoms with Crippen LogP contribution in [0.2, 0.25) is 0 Å². The van der Waals surface area contributed by atoms with Gasteiger partial charge in [0.25, 0.3) is 0 Å². The number of hydrogen-bond donors (Lipinski definition) is 1. The highest BCUT2D eigenvalue weighted by molar-refractivity contribution is 8.00. The van der Waals surface area contributed by atoms with Crippen molar-refractivity contribution < 1.29 is 4.74 Å². The monoisotopic (exact) mass is 826 g/mol. The summed E-state index contributed by atoms with van der Waals surface area (Å²) in [6.45, 7) is 0. The Morgan fingerprint density at radius 1 is 0.492 bits per heavy atom. The second kappa shape index (κ2) is 18.9. The molecule has 59 heavy (non-hydrogen) atoms. The Morgan fingerprint density at radius 2 is 1.17 bits per heavy atom. The van der Waals surface area contributed by atoms with E-state index in [1.54, 1.807) is 5.70 Å². The molecule has 330 valence electrons. The Kier molecular flexibility index (Phi) is 13.2. The molecule has 14 unspecified atom stereocenters. The van der Waals surface area contributed by atoms with E-state index in [1.165, 1.54) is 212 Å². The van der Waals surface area contributed by atoms with Crippen LogP contribution in [-0.2, 0) is 4.74 Å². The smallest absolute Gasteiger partial charge is 0.0737 e. The fourth-order valence-corrected chi connectivity index (χ4v) is 19.2. The maximum atomic E-state index is 7.30. The normalized spacial score (nSPS) is 46.0. The molecule has 0 aromatic rings. The van der Waals surface area contributed by atoms with E-state index in [0.717, 1.165) is 82.3 Å². The average Bonchev–Trinajstić information content (AvgIpc) is 3.30. The lowest BCUT2D eigenvalue weighted by atomic mass is 9.64. The SMILES string of the molecule is C1=CC2C(CC1C1CCC(NC3=CCCCC3)C(C3CCCCC3)C1)SC1CC(C3CCC4C(C3)OC3CCCCC3N4C3CCCCC3)CCC1N2C1CCCCC1. The third kappa shape index (κ3) is 8.73. The Balaban J connectivity index is 0.785. The van der Waals surface area contributed by atoms with Gasteiger partial charge in [-0.2, -0.15) is 11.8 Å². The van der Waals surface area contributed by atoms with Gasteiger partial charge >= 0.3 is 0 Å². The van der Waals surface area contributed by atoms with Gasteiger partial charge in [-0.25, -0.2) is 0 Å². The number of allylic oxidation sites excluding steroid dienone is 3. The van der Waals surface area contributed by atoms with Crippen molar-refractivity contribution in [3.8, 4) is 0 Å². The summed E-state index contributed by atoms with van der Waals surface area (Å²) >= 11 is 2.56. The Bertz CT molecular complexity index is 1430. The summed E-state index contributed by atoms with van der Waals surface area (Å²) in [5.41, 5.74) is 1.61. The van der Waals surface area contributed by atoms with Crippen LogP contribution in [0.4, 0.5) is 0 Å². The maximum absolute atomic E-state index is 7.30. The van der Waals surface area contributed by atoms with E-state index in [2.05, 4.69) is 45.1 Å². The Labute approximate surface area is 366 Å². The highest BCUT2D eigenvalue weighted by Crippen LogP contribution is 2.54. The van der Waals surface area contributed by atoms with Gasteiger partial charge in [0.05, 0.1) is 12.2 Å². The zero-order valence-electron chi connectivity index (χ0n) is 37.6. The van der Waals surface area contributed by atoms with Gasteiger partial charge in [-0.15, -0.1) is 0 Å². The predicted octanol–water partition coefficient (Wildman–Crippen LogP) is 13.1. The van der Waals surface area contributed by atoms with E-state index < -0.39 is 0 Å².